The zero-order valence-corrected chi connectivity index (χ0v) is 11.0. The molecule has 0 radical (unpaired) electrons. The van der Waals surface area contributed by atoms with Crippen LogP contribution in [0.5, 0.6) is 0 Å². The van der Waals surface area contributed by atoms with Crippen LogP contribution in [0.15, 0.2) is 11.1 Å². The van der Waals surface area contributed by atoms with E-state index < -0.39 is 6.10 Å². The number of hydrogen-bond acceptors (Lipinski definition) is 4. The summed E-state index contributed by atoms with van der Waals surface area (Å²) in [5, 5.41) is 16.0. The van der Waals surface area contributed by atoms with E-state index in [1.54, 1.807) is 7.05 Å². The zero-order valence-electron chi connectivity index (χ0n) is 11.0. The number of aliphatic hydroxyl groups excluding tert-OH is 1. The molecule has 0 aromatic carbocycles. The van der Waals surface area contributed by atoms with Gasteiger partial charge in [-0.2, -0.15) is 5.10 Å². The molecule has 102 valence electrons. The van der Waals surface area contributed by atoms with E-state index in [0.717, 1.165) is 4.68 Å². The summed E-state index contributed by atoms with van der Waals surface area (Å²) in [6, 6.07) is 0. The fraction of sp³-hybridized carbons (Fsp3) is 0.727. The summed E-state index contributed by atoms with van der Waals surface area (Å²) in [7, 11) is 1.57. The van der Waals surface area contributed by atoms with Gasteiger partial charge in [-0.1, -0.05) is 13.8 Å². The minimum absolute atomic E-state index is 0.0998. The average molecular weight is 256 g/mol. The highest BCUT2D eigenvalue weighted by molar-refractivity contribution is 5.75. The molecule has 0 saturated heterocycles. The van der Waals surface area contributed by atoms with Crippen molar-refractivity contribution in [3.8, 4) is 0 Å². The maximum absolute atomic E-state index is 11.5. The lowest BCUT2D eigenvalue weighted by molar-refractivity contribution is -0.122. The van der Waals surface area contributed by atoms with Gasteiger partial charge in [-0.05, 0) is 12.3 Å². The second kappa shape index (κ2) is 6.34. The lowest BCUT2D eigenvalue weighted by Crippen LogP contribution is -2.35. The normalized spacial score (nSPS) is 12.7. The number of rotatable bonds is 6. The molecule has 1 atom stereocenters. The molecular weight excluding hydrogens is 236 g/mol. The molecule has 1 heterocycles. The van der Waals surface area contributed by atoms with Gasteiger partial charge in [0.2, 0.25) is 5.91 Å². The highest BCUT2D eigenvalue weighted by Gasteiger charge is 2.11. The molecule has 0 fully saturated rings. The number of hydrogen-bond donors (Lipinski definition) is 2. The van der Waals surface area contributed by atoms with E-state index in [9.17, 15) is 14.7 Å². The molecule has 0 aliphatic rings. The van der Waals surface area contributed by atoms with Crippen LogP contribution in [0, 0.1) is 5.92 Å². The molecule has 7 nitrogen and oxygen atoms in total. The third kappa shape index (κ3) is 3.99. The number of aromatic nitrogens is 3. The van der Waals surface area contributed by atoms with E-state index >= 15 is 0 Å². The SMILES string of the molecule is CC(C)C(O)CCNC(=O)Cn1ncn(C)c1=O. The van der Waals surface area contributed by atoms with Crippen LogP contribution in [0.4, 0.5) is 0 Å². The Kier molecular flexibility index (Phi) is 5.08. The Bertz CT molecular complexity index is 449. The van der Waals surface area contributed by atoms with Gasteiger partial charge >= 0.3 is 5.69 Å². The summed E-state index contributed by atoms with van der Waals surface area (Å²) in [5.74, 6) is -0.118. The standard InChI is InChI=1S/C11H20N4O3/c1-8(2)9(16)4-5-12-10(17)6-15-11(18)14(3)7-13-15/h7-9,16H,4-6H2,1-3H3,(H,12,17). The molecule has 7 heteroatoms. The van der Waals surface area contributed by atoms with Crippen molar-refractivity contribution in [2.24, 2.45) is 13.0 Å². The smallest absolute Gasteiger partial charge is 0.345 e. The predicted octanol–water partition coefficient (Wildman–Crippen LogP) is -0.895. The number of amides is 1. The second-order valence-electron chi connectivity index (χ2n) is 4.63. The fourth-order valence-corrected chi connectivity index (χ4v) is 1.41. The molecule has 2 N–H and O–H groups in total. The third-order valence-corrected chi connectivity index (χ3v) is 2.71. The zero-order chi connectivity index (χ0) is 13.7. The maximum atomic E-state index is 11.5. The van der Waals surface area contributed by atoms with Crippen molar-refractivity contribution in [2.45, 2.75) is 32.9 Å². The molecule has 1 amide bonds. The highest BCUT2D eigenvalue weighted by Crippen LogP contribution is 2.03. The van der Waals surface area contributed by atoms with Crippen molar-refractivity contribution in [3.05, 3.63) is 16.8 Å². The highest BCUT2D eigenvalue weighted by atomic mass is 16.3. The number of aryl methyl sites for hydroxylation is 1. The monoisotopic (exact) mass is 256 g/mol. The number of aliphatic hydroxyl groups is 1. The van der Waals surface area contributed by atoms with Crippen LogP contribution in [0.25, 0.3) is 0 Å². The summed E-state index contributed by atoms with van der Waals surface area (Å²) in [6.45, 7) is 4.12. The van der Waals surface area contributed by atoms with Gasteiger partial charge in [-0.25, -0.2) is 9.48 Å². The molecular formula is C11H20N4O3. The van der Waals surface area contributed by atoms with E-state index in [1.807, 2.05) is 13.8 Å². The molecule has 18 heavy (non-hydrogen) atoms. The Morgan fingerprint density at radius 1 is 1.56 bits per heavy atom. The van der Waals surface area contributed by atoms with Gasteiger partial charge in [0.25, 0.3) is 0 Å². The summed E-state index contributed by atoms with van der Waals surface area (Å²) < 4.78 is 2.39. The van der Waals surface area contributed by atoms with E-state index in [-0.39, 0.29) is 24.1 Å². The first kappa shape index (κ1) is 14.4. The molecule has 1 unspecified atom stereocenters. The molecule has 0 saturated carbocycles. The van der Waals surface area contributed by atoms with Gasteiger partial charge < -0.3 is 10.4 Å². The molecule has 0 spiro atoms. The van der Waals surface area contributed by atoms with Crippen LogP contribution in [0.2, 0.25) is 0 Å². The van der Waals surface area contributed by atoms with Crippen molar-refractivity contribution >= 4 is 5.91 Å². The van der Waals surface area contributed by atoms with Gasteiger partial charge in [0, 0.05) is 13.6 Å². The Morgan fingerprint density at radius 3 is 2.72 bits per heavy atom. The van der Waals surface area contributed by atoms with Gasteiger partial charge in [0.15, 0.2) is 0 Å². The maximum Gasteiger partial charge on any atom is 0.345 e. The molecule has 0 bridgehead atoms. The van der Waals surface area contributed by atoms with Crippen molar-refractivity contribution in [3.63, 3.8) is 0 Å². The molecule has 0 aliphatic carbocycles. The van der Waals surface area contributed by atoms with Gasteiger partial charge in [0.05, 0.1) is 6.10 Å². The summed E-state index contributed by atoms with van der Waals surface area (Å²) in [5.41, 5.74) is -0.327. The number of nitrogens with zero attached hydrogens (tertiary/aromatic N) is 3. The Morgan fingerprint density at radius 2 is 2.22 bits per heavy atom. The van der Waals surface area contributed by atoms with Gasteiger partial charge in [-0.15, -0.1) is 0 Å². The number of carbonyl (C=O) groups excluding carboxylic acids is 1. The molecule has 1 rings (SSSR count). The lowest BCUT2D eigenvalue weighted by atomic mass is 10.0. The lowest BCUT2D eigenvalue weighted by Gasteiger charge is -2.14. The Hall–Kier alpha value is -1.63. The van der Waals surface area contributed by atoms with E-state index in [2.05, 4.69) is 10.4 Å². The first-order valence-corrected chi connectivity index (χ1v) is 5.95. The summed E-state index contributed by atoms with van der Waals surface area (Å²) >= 11 is 0. The minimum Gasteiger partial charge on any atom is -0.393 e. The first-order chi connectivity index (χ1) is 8.41. The van der Waals surface area contributed by atoms with Crippen molar-refractivity contribution in [1.29, 1.82) is 0 Å². The molecule has 1 aromatic heterocycles. The number of carbonyl (C=O) groups is 1. The minimum atomic E-state index is -0.428. The van der Waals surface area contributed by atoms with Gasteiger partial charge in [-0.3, -0.25) is 9.36 Å². The third-order valence-electron chi connectivity index (χ3n) is 2.71. The number of nitrogens with one attached hydrogen (secondary N) is 1. The molecule has 1 aromatic rings. The first-order valence-electron chi connectivity index (χ1n) is 5.95. The average Bonchev–Trinajstić information content (AvgIpc) is 2.60. The van der Waals surface area contributed by atoms with Crippen LogP contribution in [-0.2, 0) is 18.4 Å². The largest absolute Gasteiger partial charge is 0.393 e. The molecule has 0 aliphatic heterocycles. The predicted molar refractivity (Wildman–Crippen MR) is 65.9 cm³/mol. The fourth-order valence-electron chi connectivity index (χ4n) is 1.41. The van der Waals surface area contributed by atoms with Crippen LogP contribution >= 0.6 is 0 Å². The second-order valence-corrected chi connectivity index (χ2v) is 4.63. The Labute approximate surface area is 105 Å². The van der Waals surface area contributed by atoms with Crippen LogP contribution < -0.4 is 11.0 Å². The summed E-state index contributed by atoms with van der Waals surface area (Å²) in [6.07, 6.45) is 1.43. The van der Waals surface area contributed by atoms with Crippen LogP contribution in [-0.4, -0.2) is 38.0 Å². The quantitative estimate of drug-likeness (QED) is 0.690. The van der Waals surface area contributed by atoms with Crippen LogP contribution in [0.1, 0.15) is 20.3 Å². The van der Waals surface area contributed by atoms with Crippen molar-refractivity contribution in [1.82, 2.24) is 19.7 Å². The van der Waals surface area contributed by atoms with E-state index in [1.165, 1.54) is 10.9 Å². The van der Waals surface area contributed by atoms with E-state index in [0.29, 0.717) is 13.0 Å². The summed E-state index contributed by atoms with van der Waals surface area (Å²) in [4.78, 5) is 22.9. The van der Waals surface area contributed by atoms with Gasteiger partial charge in [0.1, 0.15) is 12.9 Å². The topological polar surface area (TPSA) is 89.2 Å². The van der Waals surface area contributed by atoms with Crippen LogP contribution in [0.3, 0.4) is 0 Å². The van der Waals surface area contributed by atoms with Crippen molar-refractivity contribution in [2.75, 3.05) is 6.54 Å². The Balaban J connectivity index is 2.35. The van der Waals surface area contributed by atoms with Crippen molar-refractivity contribution < 1.29 is 9.90 Å². The van der Waals surface area contributed by atoms with E-state index in [4.69, 9.17) is 0 Å².